The van der Waals surface area contributed by atoms with E-state index in [1.165, 1.54) is 4.68 Å². The van der Waals surface area contributed by atoms with Crippen molar-refractivity contribution in [2.45, 2.75) is 18.3 Å². The molecule has 13 heteroatoms. The van der Waals surface area contributed by atoms with E-state index >= 15 is 0 Å². The van der Waals surface area contributed by atoms with Crippen molar-refractivity contribution in [3.05, 3.63) is 64.7 Å². The molecule has 4 aromatic rings. The summed E-state index contributed by atoms with van der Waals surface area (Å²) in [5.41, 5.74) is 2.20. The molecule has 0 spiro atoms. The summed E-state index contributed by atoms with van der Waals surface area (Å²) in [6.45, 7) is 1.99. The Balaban J connectivity index is 1.42. The van der Waals surface area contributed by atoms with Gasteiger partial charge in [0.05, 0.1) is 27.7 Å². The van der Waals surface area contributed by atoms with Crippen LogP contribution < -0.4 is 11.2 Å². The highest BCUT2D eigenvalue weighted by atomic mass is 35.5. The van der Waals surface area contributed by atoms with Gasteiger partial charge in [0, 0.05) is 5.56 Å². The minimum atomic E-state index is -4.56. The number of hydrogen-bond donors (Lipinski definition) is 3. The van der Waals surface area contributed by atoms with Gasteiger partial charge in [-0.3, -0.25) is 9.89 Å². The van der Waals surface area contributed by atoms with E-state index in [0.29, 0.717) is 17.2 Å². The number of thioether (sulfide) groups is 1. The summed E-state index contributed by atoms with van der Waals surface area (Å²) in [5, 5.41) is 17.7. The molecule has 0 aliphatic carbocycles. The van der Waals surface area contributed by atoms with E-state index in [1.807, 2.05) is 31.2 Å². The second kappa shape index (κ2) is 9.39. The first-order valence-corrected chi connectivity index (χ1v) is 11.1. The molecular formula is C21H17ClF3N7OS. The molecule has 2 heterocycles. The largest absolute Gasteiger partial charge is 0.416 e. The number of aryl methyl sites for hydroxylation is 1. The van der Waals surface area contributed by atoms with E-state index in [9.17, 15) is 18.0 Å². The molecule has 8 nitrogen and oxygen atoms in total. The molecule has 0 fully saturated rings. The lowest BCUT2D eigenvalue weighted by atomic mass is 10.1. The molecule has 0 bridgehead atoms. The molecule has 4 rings (SSSR count). The summed E-state index contributed by atoms with van der Waals surface area (Å²) >= 11 is 6.88. The van der Waals surface area contributed by atoms with Crippen molar-refractivity contribution in [3.8, 4) is 22.8 Å². The number of benzene rings is 2. The third-order valence-electron chi connectivity index (χ3n) is 4.73. The van der Waals surface area contributed by atoms with Crippen LogP contribution in [-0.2, 0) is 11.0 Å². The first-order valence-electron chi connectivity index (χ1n) is 9.74. The fraction of sp³-hybridized carbons (Fsp3) is 0.143. The molecule has 0 aliphatic rings. The van der Waals surface area contributed by atoms with Crippen molar-refractivity contribution in [2.75, 3.05) is 16.9 Å². The molecule has 1 amide bonds. The van der Waals surface area contributed by atoms with Crippen LogP contribution in [0.3, 0.4) is 0 Å². The number of amides is 1. The zero-order valence-electron chi connectivity index (χ0n) is 17.5. The Bertz CT molecular complexity index is 1340. The summed E-state index contributed by atoms with van der Waals surface area (Å²) < 4.78 is 39.9. The van der Waals surface area contributed by atoms with Crippen LogP contribution in [-0.4, -0.2) is 36.7 Å². The van der Waals surface area contributed by atoms with Gasteiger partial charge in [-0.25, -0.2) is 4.68 Å². The van der Waals surface area contributed by atoms with E-state index in [2.05, 4.69) is 25.7 Å². The lowest BCUT2D eigenvalue weighted by molar-refractivity contribution is -0.137. The number of aromatic amines is 1. The number of nitrogens with two attached hydrogens (primary N) is 1. The smallest absolute Gasteiger partial charge is 0.335 e. The maximum Gasteiger partial charge on any atom is 0.416 e. The number of halogens is 4. The standard InChI is InChI=1S/C21H17ClF3N7OS/c1-11-2-4-12(5-3-11)15-9-17(29-28-15)19-30-31-20(32(19)26)34-10-18(33)27-16-8-13(21(23,24)25)6-7-14(16)22/h2-9H,10,26H2,1H3,(H,27,33)(H,28,29). The van der Waals surface area contributed by atoms with Crippen LogP contribution in [0.1, 0.15) is 11.1 Å². The molecule has 0 saturated carbocycles. The summed E-state index contributed by atoms with van der Waals surface area (Å²) in [6.07, 6.45) is -4.56. The van der Waals surface area contributed by atoms with Crippen LogP contribution in [0.4, 0.5) is 18.9 Å². The van der Waals surface area contributed by atoms with Gasteiger partial charge in [0.1, 0.15) is 5.69 Å². The third kappa shape index (κ3) is 5.18. The number of nitrogen functional groups attached to an aromatic ring is 1. The number of alkyl halides is 3. The van der Waals surface area contributed by atoms with Crippen LogP contribution in [0.2, 0.25) is 5.02 Å². The molecule has 0 atom stereocenters. The minimum Gasteiger partial charge on any atom is -0.335 e. The number of aromatic nitrogens is 5. The van der Waals surface area contributed by atoms with Gasteiger partial charge in [-0.05, 0) is 31.2 Å². The fourth-order valence-electron chi connectivity index (χ4n) is 2.98. The van der Waals surface area contributed by atoms with Crippen molar-refractivity contribution in [1.29, 1.82) is 0 Å². The van der Waals surface area contributed by atoms with Crippen molar-refractivity contribution in [3.63, 3.8) is 0 Å². The Morgan fingerprint density at radius 1 is 1.18 bits per heavy atom. The second-order valence-electron chi connectivity index (χ2n) is 7.24. The Labute approximate surface area is 200 Å². The molecule has 4 N–H and O–H groups in total. The van der Waals surface area contributed by atoms with E-state index in [1.54, 1.807) is 6.07 Å². The maximum atomic E-state index is 12.9. The first-order chi connectivity index (χ1) is 16.1. The molecule has 0 unspecified atom stereocenters. The minimum absolute atomic E-state index is 0.0146. The van der Waals surface area contributed by atoms with Gasteiger partial charge < -0.3 is 11.2 Å². The predicted octanol–water partition coefficient (Wildman–Crippen LogP) is 4.76. The molecule has 34 heavy (non-hydrogen) atoms. The highest BCUT2D eigenvalue weighted by Crippen LogP contribution is 2.34. The van der Waals surface area contributed by atoms with E-state index in [4.69, 9.17) is 17.4 Å². The van der Waals surface area contributed by atoms with Crippen LogP contribution in [0, 0.1) is 6.92 Å². The first kappa shape index (κ1) is 23.6. The molecule has 0 aliphatic heterocycles. The number of nitrogens with zero attached hydrogens (tertiary/aromatic N) is 4. The predicted molar refractivity (Wildman–Crippen MR) is 124 cm³/mol. The lowest BCUT2D eigenvalue weighted by Gasteiger charge is -2.11. The Morgan fingerprint density at radius 3 is 2.62 bits per heavy atom. The van der Waals surface area contributed by atoms with Crippen molar-refractivity contribution < 1.29 is 18.0 Å². The van der Waals surface area contributed by atoms with Gasteiger partial charge in [0.15, 0.2) is 0 Å². The van der Waals surface area contributed by atoms with Gasteiger partial charge in [0.25, 0.3) is 0 Å². The zero-order valence-corrected chi connectivity index (χ0v) is 19.1. The van der Waals surface area contributed by atoms with E-state index < -0.39 is 17.6 Å². The van der Waals surface area contributed by atoms with Crippen molar-refractivity contribution in [2.24, 2.45) is 0 Å². The number of nitrogens with one attached hydrogen (secondary N) is 2. The molecule has 0 radical (unpaired) electrons. The van der Waals surface area contributed by atoms with Crippen LogP contribution >= 0.6 is 23.4 Å². The monoisotopic (exact) mass is 507 g/mol. The van der Waals surface area contributed by atoms with E-state index in [-0.39, 0.29) is 21.6 Å². The SMILES string of the molecule is Cc1ccc(-c2cc(-c3nnc(SCC(=O)Nc4cc(C(F)(F)F)ccc4Cl)n3N)[nH]n2)cc1. The summed E-state index contributed by atoms with van der Waals surface area (Å²) in [7, 11) is 0. The molecule has 0 saturated heterocycles. The summed E-state index contributed by atoms with van der Waals surface area (Å²) in [6, 6.07) is 12.3. The van der Waals surface area contributed by atoms with Gasteiger partial charge in [0.2, 0.25) is 16.9 Å². The number of anilines is 1. The van der Waals surface area contributed by atoms with Crippen LogP contribution in [0.5, 0.6) is 0 Å². The molecule has 2 aromatic heterocycles. The van der Waals surface area contributed by atoms with Gasteiger partial charge in [-0.2, -0.15) is 18.3 Å². The number of H-pyrrole nitrogens is 1. The maximum absolute atomic E-state index is 12.9. The highest BCUT2D eigenvalue weighted by molar-refractivity contribution is 7.99. The molecule has 176 valence electrons. The van der Waals surface area contributed by atoms with Crippen LogP contribution in [0.25, 0.3) is 22.8 Å². The molecule has 2 aromatic carbocycles. The molecular weight excluding hydrogens is 491 g/mol. The summed E-state index contributed by atoms with van der Waals surface area (Å²) in [5.74, 6) is 5.61. The summed E-state index contributed by atoms with van der Waals surface area (Å²) in [4.78, 5) is 12.3. The van der Waals surface area contributed by atoms with Crippen LogP contribution in [0.15, 0.2) is 53.7 Å². The quantitative estimate of drug-likeness (QED) is 0.256. The third-order valence-corrected chi connectivity index (χ3v) is 6.00. The lowest BCUT2D eigenvalue weighted by Crippen LogP contribution is -2.17. The van der Waals surface area contributed by atoms with Gasteiger partial charge >= 0.3 is 6.18 Å². The van der Waals surface area contributed by atoms with E-state index in [0.717, 1.165) is 41.1 Å². The zero-order chi connectivity index (χ0) is 24.5. The van der Waals surface area contributed by atoms with Crippen molar-refractivity contribution >= 4 is 35.0 Å². The Kier molecular flexibility index (Phi) is 6.53. The topological polar surface area (TPSA) is 115 Å². The number of rotatable bonds is 6. The van der Waals surface area contributed by atoms with Gasteiger partial charge in [-0.15, -0.1) is 10.2 Å². The van der Waals surface area contributed by atoms with Gasteiger partial charge in [-0.1, -0.05) is 53.2 Å². The van der Waals surface area contributed by atoms with Crippen molar-refractivity contribution in [1.82, 2.24) is 25.1 Å². The number of carbonyl (C=O) groups is 1. The highest BCUT2D eigenvalue weighted by Gasteiger charge is 2.31. The number of carbonyl (C=O) groups excluding carboxylic acids is 1. The second-order valence-corrected chi connectivity index (χ2v) is 8.59. The average molecular weight is 508 g/mol. The fourth-order valence-corrected chi connectivity index (χ4v) is 3.80. The Morgan fingerprint density at radius 2 is 1.91 bits per heavy atom. The Hall–Kier alpha value is -3.51. The average Bonchev–Trinajstić information content (AvgIpc) is 3.40. The normalized spacial score (nSPS) is 11.6. The number of hydrogen-bond acceptors (Lipinski definition) is 6.